The largest absolute Gasteiger partial charge is 0.310 e. The molecule has 5 nitrogen and oxygen atoms in total. The van der Waals surface area contributed by atoms with Crippen LogP contribution in [-0.2, 0) is 17.8 Å². The molecule has 29 heavy (non-hydrogen) atoms. The molecule has 3 aromatic rings. The van der Waals surface area contributed by atoms with E-state index in [1.54, 1.807) is 28.0 Å². The molecule has 0 atom stereocenters. The van der Waals surface area contributed by atoms with Crippen LogP contribution in [0, 0.1) is 31.0 Å². The van der Waals surface area contributed by atoms with Gasteiger partial charge in [-0.1, -0.05) is 6.07 Å². The molecule has 1 aromatic carbocycles. The number of nitrogens with zero attached hydrogens (tertiary/aromatic N) is 3. The van der Waals surface area contributed by atoms with Crippen LogP contribution in [-0.4, -0.2) is 28.5 Å². The number of carbonyl (C=O) groups excluding carboxylic acids is 1. The van der Waals surface area contributed by atoms with E-state index in [2.05, 4.69) is 27.7 Å². The second-order valence-electron chi connectivity index (χ2n) is 7.24. The maximum absolute atomic E-state index is 13.8. The van der Waals surface area contributed by atoms with Crippen LogP contribution < -0.4 is 5.32 Å². The van der Waals surface area contributed by atoms with Gasteiger partial charge in [-0.3, -0.25) is 14.3 Å². The summed E-state index contributed by atoms with van der Waals surface area (Å²) in [6.07, 6.45) is 0.946. The summed E-state index contributed by atoms with van der Waals surface area (Å²) in [5, 5.41) is 14.7. The van der Waals surface area contributed by atoms with E-state index in [0.717, 1.165) is 30.8 Å². The molecule has 7 heteroatoms. The zero-order valence-corrected chi connectivity index (χ0v) is 17.1. The molecule has 2 aromatic heterocycles. The van der Waals surface area contributed by atoms with E-state index < -0.39 is 0 Å². The standard InChI is InChI=1S/C22H21FN4OS/c1-14-15(2)27(18-5-3-4-17(23)10-18)22(19(14)11-24)25-21(28)13-26-8-6-20-16(12-26)7-9-29-20/h3-5,7,9-10H,6,8,12-13H2,1-2H3,(H,25,28). The van der Waals surface area contributed by atoms with Crippen molar-refractivity contribution in [2.45, 2.75) is 26.8 Å². The Morgan fingerprint density at radius 3 is 2.93 bits per heavy atom. The smallest absolute Gasteiger partial charge is 0.239 e. The fourth-order valence-corrected chi connectivity index (χ4v) is 4.71. The van der Waals surface area contributed by atoms with E-state index in [9.17, 15) is 14.4 Å². The van der Waals surface area contributed by atoms with Gasteiger partial charge >= 0.3 is 0 Å². The SMILES string of the molecule is Cc1c(C#N)c(NC(=O)CN2CCc3sccc3C2)n(-c2cccc(F)c2)c1C. The van der Waals surface area contributed by atoms with E-state index >= 15 is 0 Å². The first-order chi connectivity index (χ1) is 14.0. The van der Waals surface area contributed by atoms with Gasteiger partial charge in [-0.2, -0.15) is 5.26 Å². The lowest BCUT2D eigenvalue weighted by Gasteiger charge is -2.26. The number of benzene rings is 1. The Hall–Kier alpha value is -2.95. The number of hydrogen-bond donors (Lipinski definition) is 1. The summed E-state index contributed by atoms with van der Waals surface area (Å²) in [6, 6.07) is 10.4. The molecule has 1 aliphatic rings. The van der Waals surface area contributed by atoms with Crippen molar-refractivity contribution in [1.29, 1.82) is 5.26 Å². The average Bonchev–Trinajstić information content (AvgIpc) is 3.24. The number of fused-ring (bicyclic) bond motifs is 1. The van der Waals surface area contributed by atoms with Gasteiger partial charge in [0.05, 0.1) is 17.8 Å². The number of halogens is 1. The van der Waals surface area contributed by atoms with Gasteiger partial charge in [-0.05, 0) is 61.0 Å². The lowest BCUT2D eigenvalue weighted by atomic mass is 10.1. The van der Waals surface area contributed by atoms with Gasteiger partial charge in [0, 0.05) is 23.7 Å². The molecule has 3 heterocycles. The minimum atomic E-state index is -0.371. The van der Waals surface area contributed by atoms with Crippen LogP contribution in [0.5, 0.6) is 0 Å². The van der Waals surface area contributed by atoms with Crippen molar-refractivity contribution in [2.24, 2.45) is 0 Å². The average molecular weight is 409 g/mol. The Balaban J connectivity index is 1.60. The summed E-state index contributed by atoms with van der Waals surface area (Å²) in [6.45, 7) is 5.52. The fraction of sp³-hybridized carbons (Fsp3) is 0.273. The number of amides is 1. The van der Waals surface area contributed by atoms with E-state index in [-0.39, 0.29) is 18.3 Å². The van der Waals surface area contributed by atoms with Gasteiger partial charge in [-0.15, -0.1) is 11.3 Å². The summed E-state index contributed by atoms with van der Waals surface area (Å²) in [5.41, 5.74) is 3.82. The highest BCUT2D eigenvalue weighted by molar-refractivity contribution is 7.10. The summed E-state index contributed by atoms with van der Waals surface area (Å²) in [5.74, 6) is -0.161. The summed E-state index contributed by atoms with van der Waals surface area (Å²) < 4.78 is 15.5. The molecule has 0 saturated carbocycles. The van der Waals surface area contributed by atoms with Crippen LogP contribution in [0.2, 0.25) is 0 Å². The molecule has 0 unspecified atom stereocenters. The van der Waals surface area contributed by atoms with Crippen molar-refractivity contribution < 1.29 is 9.18 Å². The first-order valence-electron chi connectivity index (χ1n) is 9.43. The van der Waals surface area contributed by atoms with Crippen molar-refractivity contribution in [2.75, 3.05) is 18.4 Å². The number of nitriles is 1. The molecule has 0 radical (unpaired) electrons. The van der Waals surface area contributed by atoms with Crippen molar-refractivity contribution >= 4 is 23.1 Å². The van der Waals surface area contributed by atoms with E-state index in [1.165, 1.54) is 22.6 Å². The van der Waals surface area contributed by atoms with Crippen LogP contribution >= 0.6 is 11.3 Å². The molecular formula is C22H21FN4OS. The van der Waals surface area contributed by atoms with Gasteiger partial charge in [0.25, 0.3) is 0 Å². The topological polar surface area (TPSA) is 61.1 Å². The zero-order valence-electron chi connectivity index (χ0n) is 16.3. The van der Waals surface area contributed by atoms with Crippen LogP contribution in [0.1, 0.15) is 27.3 Å². The summed E-state index contributed by atoms with van der Waals surface area (Å²) in [7, 11) is 0. The Labute approximate surface area is 173 Å². The van der Waals surface area contributed by atoms with Crippen molar-refractivity contribution in [3.63, 3.8) is 0 Å². The van der Waals surface area contributed by atoms with Gasteiger partial charge in [0.15, 0.2) is 0 Å². The second-order valence-corrected chi connectivity index (χ2v) is 8.24. The number of aromatic nitrogens is 1. The van der Waals surface area contributed by atoms with Gasteiger partial charge in [-0.25, -0.2) is 4.39 Å². The molecule has 148 valence electrons. The number of rotatable bonds is 4. The van der Waals surface area contributed by atoms with Crippen LogP contribution in [0.4, 0.5) is 10.2 Å². The highest BCUT2D eigenvalue weighted by Crippen LogP contribution is 2.30. The molecule has 0 saturated heterocycles. The number of hydrogen-bond acceptors (Lipinski definition) is 4. The van der Waals surface area contributed by atoms with Crippen LogP contribution in [0.3, 0.4) is 0 Å². The minimum Gasteiger partial charge on any atom is -0.310 e. The molecule has 0 spiro atoms. The predicted molar refractivity (Wildman–Crippen MR) is 112 cm³/mol. The normalized spacial score (nSPS) is 13.7. The molecule has 0 fully saturated rings. The maximum atomic E-state index is 13.8. The van der Waals surface area contributed by atoms with Crippen LogP contribution in [0.15, 0.2) is 35.7 Å². The third kappa shape index (κ3) is 3.69. The monoisotopic (exact) mass is 408 g/mol. The molecule has 1 amide bonds. The van der Waals surface area contributed by atoms with E-state index in [1.807, 2.05) is 13.8 Å². The van der Waals surface area contributed by atoms with Gasteiger partial charge < -0.3 is 5.32 Å². The lowest BCUT2D eigenvalue weighted by Crippen LogP contribution is -2.37. The Morgan fingerprint density at radius 1 is 1.34 bits per heavy atom. The first kappa shape index (κ1) is 19.4. The Kier molecular flexibility index (Phi) is 5.22. The van der Waals surface area contributed by atoms with Gasteiger partial charge in [0.2, 0.25) is 5.91 Å². The molecule has 1 N–H and O–H groups in total. The third-order valence-corrected chi connectivity index (χ3v) is 6.43. The van der Waals surface area contributed by atoms with Crippen molar-refractivity contribution in [3.8, 4) is 11.8 Å². The van der Waals surface area contributed by atoms with Crippen molar-refractivity contribution in [3.05, 3.63) is 68.8 Å². The van der Waals surface area contributed by atoms with E-state index in [0.29, 0.717) is 17.1 Å². The first-order valence-corrected chi connectivity index (χ1v) is 10.3. The molecular weight excluding hydrogens is 387 g/mol. The summed E-state index contributed by atoms with van der Waals surface area (Å²) >= 11 is 1.76. The number of nitrogens with one attached hydrogen (secondary N) is 1. The van der Waals surface area contributed by atoms with E-state index in [4.69, 9.17) is 0 Å². The Morgan fingerprint density at radius 2 is 2.17 bits per heavy atom. The van der Waals surface area contributed by atoms with Crippen molar-refractivity contribution in [1.82, 2.24) is 9.47 Å². The number of carbonyl (C=O) groups is 1. The third-order valence-electron chi connectivity index (χ3n) is 5.40. The quantitative estimate of drug-likeness (QED) is 0.705. The number of thiophene rings is 1. The summed E-state index contributed by atoms with van der Waals surface area (Å²) in [4.78, 5) is 16.3. The molecule has 0 aliphatic carbocycles. The fourth-order valence-electron chi connectivity index (χ4n) is 3.82. The Bertz CT molecular complexity index is 1120. The number of anilines is 1. The predicted octanol–water partition coefficient (Wildman–Crippen LogP) is 4.16. The maximum Gasteiger partial charge on any atom is 0.239 e. The highest BCUT2D eigenvalue weighted by Gasteiger charge is 2.23. The minimum absolute atomic E-state index is 0.185. The van der Waals surface area contributed by atoms with Crippen LogP contribution in [0.25, 0.3) is 5.69 Å². The highest BCUT2D eigenvalue weighted by atomic mass is 32.1. The molecule has 0 bridgehead atoms. The molecule has 1 aliphatic heterocycles. The van der Waals surface area contributed by atoms with Gasteiger partial charge in [0.1, 0.15) is 17.7 Å². The zero-order chi connectivity index (χ0) is 20.5. The second kappa shape index (κ2) is 7.82. The molecule has 4 rings (SSSR count). The lowest BCUT2D eigenvalue weighted by molar-refractivity contribution is -0.117.